The molecule has 0 unspecified atom stereocenters. The molecule has 7 heteroatoms. The molecule has 0 saturated carbocycles. The first-order valence-corrected chi connectivity index (χ1v) is 8.07. The summed E-state index contributed by atoms with van der Waals surface area (Å²) in [6.07, 6.45) is 4.45. The Balaban J connectivity index is 1.72. The monoisotopic (exact) mass is 352 g/mol. The Morgan fingerprint density at radius 2 is 1.96 bits per heavy atom. The van der Waals surface area contributed by atoms with Gasteiger partial charge >= 0.3 is 0 Å². The Labute approximate surface area is 145 Å². The molecular formula is C16H18Cl2N4O. The lowest BCUT2D eigenvalue weighted by Crippen LogP contribution is -2.26. The Bertz CT molecular complexity index is 652. The van der Waals surface area contributed by atoms with E-state index in [1.807, 2.05) is 13.0 Å². The third-order valence-corrected chi connectivity index (χ3v) is 3.99. The molecule has 5 nitrogen and oxygen atoms in total. The van der Waals surface area contributed by atoms with Crippen LogP contribution in [0.1, 0.15) is 31.4 Å². The van der Waals surface area contributed by atoms with Gasteiger partial charge in [-0.25, -0.2) is 9.97 Å². The van der Waals surface area contributed by atoms with E-state index in [1.165, 1.54) is 0 Å². The number of hydrogen-bond donors (Lipinski definition) is 2. The van der Waals surface area contributed by atoms with Gasteiger partial charge < -0.3 is 10.6 Å². The molecule has 1 aromatic heterocycles. The van der Waals surface area contributed by atoms with Crippen LogP contribution in [0.4, 0.5) is 5.95 Å². The molecule has 0 spiro atoms. The average Bonchev–Trinajstić information content (AvgIpc) is 2.55. The fourth-order valence-corrected chi connectivity index (χ4v) is 2.32. The Hall–Kier alpha value is -1.85. The van der Waals surface area contributed by atoms with E-state index < -0.39 is 0 Å². The molecule has 2 N–H and O–H groups in total. The van der Waals surface area contributed by atoms with Crippen molar-refractivity contribution in [1.29, 1.82) is 0 Å². The van der Waals surface area contributed by atoms with Crippen molar-refractivity contribution in [2.24, 2.45) is 0 Å². The van der Waals surface area contributed by atoms with Gasteiger partial charge in [-0.15, -0.1) is 0 Å². The third kappa shape index (κ3) is 5.69. The van der Waals surface area contributed by atoms with Crippen molar-refractivity contribution < 1.29 is 4.79 Å². The van der Waals surface area contributed by atoms with Crippen molar-refractivity contribution in [1.82, 2.24) is 15.3 Å². The normalized spacial score (nSPS) is 11.8. The van der Waals surface area contributed by atoms with Gasteiger partial charge in [0.25, 0.3) is 0 Å². The molecule has 1 atom stereocenters. The summed E-state index contributed by atoms with van der Waals surface area (Å²) in [5.41, 5.74) is 0.920. The van der Waals surface area contributed by atoms with Crippen LogP contribution in [0, 0.1) is 0 Å². The van der Waals surface area contributed by atoms with Crippen LogP contribution in [-0.2, 0) is 4.79 Å². The highest BCUT2D eigenvalue weighted by molar-refractivity contribution is 6.42. The van der Waals surface area contributed by atoms with Crippen molar-refractivity contribution >= 4 is 35.1 Å². The maximum Gasteiger partial charge on any atom is 0.222 e. The van der Waals surface area contributed by atoms with Crippen LogP contribution in [0.15, 0.2) is 36.7 Å². The van der Waals surface area contributed by atoms with Gasteiger partial charge in [0, 0.05) is 25.4 Å². The molecule has 0 aliphatic rings. The molecule has 0 fully saturated rings. The minimum atomic E-state index is -0.123. The zero-order chi connectivity index (χ0) is 16.7. The zero-order valence-corrected chi connectivity index (χ0v) is 14.2. The number of carbonyl (C=O) groups is 1. The molecule has 1 aromatic carbocycles. The van der Waals surface area contributed by atoms with Crippen LogP contribution in [0.5, 0.6) is 0 Å². The van der Waals surface area contributed by atoms with E-state index in [9.17, 15) is 4.79 Å². The van der Waals surface area contributed by atoms with Crippen LogP contribution in [0.25, 0.3) is 0 Å². The lowest BCUT2D eigenvalue weighted by atomic mass is 10.1. The summed E-state index contributed by atoms with van der Waals surface area (Å²) in [5, 5.41) is 6.99. The first-order chi connectivity index (χ1) is 11.1. The highest BCUT2D eigenvalue weighted by atomic mass is 35.5. The molecule has 1 heterocycles. The van der Waals surface area contributed by atoms with E-state index in [1.54, 1.807) is 30.6 Å². The van der Waals surface area contributed by atoms with Crippen molar-refractivity contribution in [3.8, 4) is 0 Å². The van der Waals surface area contributed by atoms with Crippen molar-refractivity contribution in [3.63, 3.8) is 0 Å². The van der Waals surface area contributed by atoms with E-state index in [4.69, 9.17) is 23.2 Å². The second-order valence-electron chi connectivity index (χ2n) is 5.07. The number of amides is 1. The molecule has 0 saturated heterocycles. The molecular weight excluding hydrogens is 335 g/mol. The summed E-state index contributed by atoms with van der Waals surface area (Å²) < 4.78 is 0. The molecule has 1 amide bonds. The Morgan fingerprint density at radius 1 is 1.22 bits per heavy atom. The minimum Gasteiger partial charge on any atom is -0.354 e. The largest absolute Gasteiger partial charge is 0.354 e. The Morgan fingerprint density at radius 3 is 2.65 bits per heavy atom. The number of hydrogen-bond acceptors (Lipinski definition) is 4. The minimum absolute atomic E-state index is 0.0145. The van der Waals surface area contributed by atoms with Gasteiger partial charge in [-0.1, -0.05) is 29.3 Å². The van der Waals surface area contributed by atoms with Crippen LogP contribution < -0.4 is 10.6 Å². The second kappa shape index (κ2) is 8.70. The van der Waals surface area contributed by atoms with Crippen molar-refractivity contribution in [2.75, 3.05) is 11.9 Å². The van der Waals surface area contributed by atoms with Gasteiger partial charge in [0.05, 0.1) is 16.1 Å². The fourth-order valence-electron chi connectivity index (χ4n) is 2.02. The smallest absolute Gasteiger partial charge is 0.222 e. The third-order valence-electron chi connectivity index (χ3n) is 3.25. The number of benzene rings is 1. The number of carbonyl (C=O) groups excluding carboxylic acids is 1. The predicted molar refractivity (Wildman–Crippen MR) is 92.8 cm³/mol. The molecule has 0 aliphatic heterocycles. The standard InChI is InChI=1S/C16H18Cl2N4O/c1-11(12-5-6-13(17)14(18)10-12)22-15(23)4-2-7-19-16-20-8-3-9-21-16/h3,5-6,8-11H,2,4,7H2,1H3,(H,22,23)(H,19,20,21)/t11-/m1/s1. The van der Waals surface area contributed by atoms with Gasteiger partial charge in [0.15, 0.2) is 0 Å². The van der Waals surface area contributed by atoms with Crippen LogP contribution in [-0.4, -0.2) is 22.4 Å². The van der Waals surface area contributed by atoms with Crippen LogP contribution in [0.3, 0.4) is 0 Å². The van der Waals surface area contributed by atoms with Gasteiger partial charge in [0.1, 0.15) is 0 Å². The summed E-state index contributed by atoms with van der Waals surface area (Å²) in [4.78, 5) is 20.1. The number of rotatable bonds is 7. The summed E-state index contributed by atoms with van der Waals surface area (Å²) >= 11 is 11.9. The number of nitrogens with one attached hydrogen (secondary N) is 2. The molecule has 0 radical (unpaired) electrons. The number of aromatic nitrogens is 2. The molecule has 23 heavy (non-hydrogen) atoms. The fraction of sp³-hybridized carbons (Fsp3) is 0.312. The van der Waals surface area contributed by atoms with Gasteiger partial charge in [0.2, 0.25) is 11.9 Å². The SMILES string of the molecule is C[C@@H](NC(=O)CCCNc1ncccn1)c1ccc(Cl)c(Cl)c1. The van der Waals surface area contributed by atoms with Crippen LogP contribution >= 0.6 is 23.2 Å². The number of halogens is 2. The quantitative estimate of drug-likeness (QED) is 0.742. The molecule has 122 valence electrons. The molecule has 2 rings (SSSR count). The van der Waals surface area contributed by atoms with Crippen molar-refractivity contribution in [3.05, 3.63) is 52.3 Å². The van der Waals surface area contributed by atoms with Crippen LogP contribution in [0.2, 0.25) is 10.0 Å². The van der Waals surface area contributed by atoms with E-state index in [0.717, 1.165) is 5.56 Å². The summed E-state index contributed by atoms with van der Waals surface area (Å²) in [6, 6.07) is 6.98. The maximum absolute atomic E-state index is 12.0. The summed E-state index contributed by atoms with van der Waals surface area (Å²) in [7, 11) is 0. The van der Waals surface area contributed by atoms with E-state index in [2.05, 4.69) is 20.6 Å². The first-order valence-electron chi connectivity index (χ1n) is 7.31. The topological polar surface area (TPSA) is 66.9 Å². The zero-order valence-electron chi connectivity index (χ0n) is 12.7. The Kier molecular flexibility index (Phi) is 6.62. The van der Waals surface area contributed by atoms with Gasteiger partial charge in [-0.2, -0.15) is 0 Å². The number of anilines is 1. The lowest BCUT2D eigenvalue weighted by molar-refractivity contribution is -0.121. The van der Waals surface area contributed by atoms with E-state index in [0.29, 0.717) is 35.4 Å². The summed E-state index contributed by atoms with van der Waals surface area (Å²) in [5.74, 6) is 0.552. The predicted octanol–water partition coefficient (Wildman–Crippen LogP) is 3.85. The maximum atomic E-state index is 12.0. The second-order valence-corrected chi connectivity index (χ2v) is 5.88. The van der Waals surface area contributed by atoms with E-state index >= 15 is 0 Å². The van der Waals surface area contributed by atoms with Crippen molar-refractivity contribution in [2.45, 2.75) is 25.8 Å². The summed E-state index contributed by atoms with van der Waals surface area (Å²) in [6.45, 7) is 2.55. The lowest BCUT2D eigenvalue weighted by Gasteiger charge is -2.15. The molecule has 0 bridgehead atoms. The number of nitrogens with zero attached hydrogens (tertiary/aromatic N) is 2. The van der Waals surface area contributed by atoms with E-state index in [-0.39, 0.29) is 11.9 Å². The highest BCUT2D eigenvalue weighted by Crippen LogP contribution is 2.25. The van der Waals surface area contributed by atoms with Gasteiger partial charge in [-0.3, -0.25) is 4.79 Å². The molecule has 2 aromatic rings. The first kappa shape index (κ1) is 17.5. The molecule has 0 aliphatic carbocycles. The highest BCUT2D eigenvalue weighted by Gasteiger charge is 2.10. The van der Waals surface area contributed by atoms with Gasteiger partial charge in [-0.05, 0) is 37.1 Å². The average molecular weight is 353 g/mol.